The molecule has 0 spiro atoms. The highest BCUT2D eigenvalue weighted by Crippen LogP contribution is 2.39. The Balaban J connectivity index is 1.64. The molecule has 2 unspecified atom stereocenters. The number of alkyl halides is 4. The number of nitrogens with zero attached hydrogens (tertiary/aromatic N) is 1. The number of hydroxylamine groups is 1. The number of halogens is 4. The smallest absolute Gasteiger partial charge is 0.393 e. The van der Waals surface area contributed by atoms with Gasteiger partial charge in [0.15, 0.2) is 0 Å². The normalized spacial score (nSPS) is 17.8. The number of fused-ring (bicyclic) bond motifs is 1. The second kappa shape index (κ2) is 12.1. The van der Waals surface area contributed by atoms with Gasteiger partial charge in [-0.2, -0.15) is 13.2 Å². The molecule has 4 N–H and O–H groups in total. The summed E-state index contributed by atoms with van der Waals surface area (Å²) in [4.78, 5) is 14.2. The van der Waals surface area contributed by atoms with Crippen LogP contribution in [0.5, 0.6) is 5.75 Å². The van der Waals surface area contributed by atoms with Crippen molar-refractivity contribution >= 4 is 38.7 Å². The maximum atomic E-state index is 14.7. The molecule has 39 heavy (non-hydrogen) atoms. The zero-order chi connectivity index (χ0) is 28.2. The van der Waals surface area contributed by atoms with E-state index in [9.17, 15) is 22.4 Å². The topological polar surface area (TPSA) is 85.9 Å². The molecular weight excluding hydrogens is 536 g/mol. The number of ether oxygens (including phenoxy) is 1. The van der Waals surface area contributed by atoms with E-state index in [1.165, 1.54) is 13.2 Å². The number of methoxy groups -OCH3 is 1. The summed E-state index contributed by atoms with van der Waals surface area (Å²) in [5.41, 5.74) is 2.59. The van der Waals surface area contributed by atoms with Crippen molar-refractivity contribution in [3.8, 4) is 17.6 Å². The first-order valence-corrected chi connectivity index (χ1v) is 13.0. The Morgan fingerprint density at radius 1 is 1.26 bits per heavy atom. The van der Waals surface area contributed by atoms with Crippen molar-refractivity contribution in [2.75, 3.05) is 44.4 Å². The molecule has 1 fully saturated rings. The maximum absolute atomic E-state index is 14.7. The van der Waals surface area contributed by atoms with Crippen LogP contribution in [0.4, 0.5) is 28.9 Å². The number of thiophene rings is 1. The third kappa shape index (κ3) is 6.73. The number of piperidine rings is 1. The van der Waals surface area contributed by atoms with Crippen molar-refractivity contribution in [1.29, 1.82) is 0 Å². The molecule has 2 aromatic carbocycles. The fourth-order valence-corrected chi connectivity index (χ4v) is 5.74. The molecule has 12 heteroatoms. The average Bonchev–Trinajstić information content (AvgIpc) is 3.24. The molecule has 1 aliphatic heterocycles. The van der Waals surface area contributed by atoms with Crippen LogP contribution < -0.4 is 20.9 Å². The van der Waals surface area contributed by atoms with Crippen LogP contribution in [0, 0.1) is 11.8 Å². The second-order valence-electron chi connectivity index (χ2n) is 9.18. The van der Waals surface area contributed by atoms with E-state index in [1.54, 1.807) is 35.8 Å². The largest absolute Gasteiger partial charge is 0.495 e. The lowest BCUT2D eigenvalue weighted by Crippen LogP contribution is -2.46. The average molecular weight is 565 g/mol. The Bertz CT molecular complexity index is 1400. The molecule has 1 saturated heterocycles. The summed E-state index contributed by atoms with van der Waals surface area (Å²) in [6.07, 6.45) is -6.13. The number of nitrogens with one attached hydrogen (secondary N) is 3. The quantitative estimate of drug-likeness (QED) is 0.139. The summed E-state index contributed by atoms with van der Waals surface area (Å²) in [7, 11) is 3.26. The van der Waals surface area contributed by atoms with Crippen molar-refractivity contribution in [3.63, 3.8) is 0 Å². The summed E-state index contributed by atoms with van der Waals surface area (Å²) >= 11 is 1.13. The van der Waals surface area contributed by atoms with Gasteiger partial charge in [-0.1, -0.05) is 30.0 Å². The van der Waals surface area contributed by atoms with Crippen molar-refractivity contribution in [2.24, 2.45) is 0 Å². The van der Waals surface area contributed by atoms with Gasteiger partial charge in [-0.3, -0.25) is 10.0 Å². The van der Waals surface area contributed by atoms with E-state index in [2.05, 4.69) is 22.5 Å². The number of benzene rings is 2. The fraction of sp³-hybridized carbons (Fsp3) is 0.370. The highest BCUT2D eigenvalue weighted by molar-refractivity contribution is 7.20. The monoisotopic (exact) mass is 564 g/mol. The lowest BCUT2D eigenvalue weighted by atomic mass is 10.0. The summed E-state index contributed by atoms with van der Waals surface area (Å²) < 4.78 is 61.1. The van der Waals surface area contributed by atoms with Crippen molar-refractivity contribution in [2.45, 2.75) is 31.2 Å². The molecule has 0 radical (unpaired) electrons. The van der Waals surface area contributed by atoms with Gasteiger partial charge in [-0.25, -0.2) is 9.87 Å². The van der Waals surface area contributed by atoms with Gasteiger partial charge >= 0.3 is 6.18 Å². The minimum atomic E-state index is -4.45. The van der Waals surface area contributed by atoms with Crippen LogP contribution in [0.25, 0.3) is 10.1 Å². The maximum Gasteiger partial charge on any atom is 0.393 e. The highest BCUT2D eigenvalue weighted by atomic mass is 32.1. The molecular formula is C27H28F4N4O3S. The Hall–Kier alpha value is -3.53. The minimum Gasteiger partial charge on any atom is -0.495 e. The second-order valence-corrected chi connectivity index (χ2v) is 10.2. The number of hydrogen-bond acceptors (Lipinski definition) is 7. The molecule has 2 atom stereocenters. The molecule has 1 amide bonds. The van der Waals surface area contributed by atoms with Gasteiger partial charge in [0.25, 0.3) is 5.91 Å². The van der Waals surface area contributed by atoms with Gasteiger partial charge in [0.05, 0.1) is 52.6 Å². The van der Waals surface area contributed by atoms with E-state index >= 15 is 0 Å². The van der Waals surface area contributed by atoms with Gasteiger partial charge in [0, 0.05) is 13.1 Å². The van der Waals surface area contributed by atoms with Crippen LogP contribution in [0.15, 0.2) is 36.4 Å². The number of para-hydroxylation sites is 1. The number of likely N-dealkylation sites (tertiary alicyclic amines) is 1. The van der Waals surface area contributed by atoms with E-state index in [0.29, 0.717) is 27.9 Å². The van der Waals surface area contributed by atoms with Gasteiger partial charge in [-0.05, 0) is 42.6 Å². The van der Waals surface area contributed by atoms with Crippen LogP contribution >= 0.6 is 11.3 Å². The Morgan fingerprint density at radius 2 is 2.03 bits per heavy atom. The van der Waals surface area contributed by atoms with Crippen LogP contribution in [-0.2, 0) is 6.42 Å². The van der Waals surface area contributed by atoms with Crippen molar-refractivity contribution in [3.05, 3.63) is 52.4 Å². The van der Waals surface area contributed by atoms with Crippen molar-refractivity contribution < 1.29 is 32.3 Å². The first-order chi connectivity index (χ1) is 18.6. The molecule has 4 rings (SSSR count). The van der Waals surface area contributed by atoms with E-state index in [4.69, 9.17) is 9.94 Å². The molecule has 3 aromatic rings. The first-order valence-electron chi connectivity index (χ1n) is 12.2. The number of carbonyl (C=O) groups is 1. The van der Waals surface area contributed by atoms with Gasteiger partial charge < -0.3 is 20.3 Å². The third-order valence-electron chi connectivity index (χ3n) is 6.43. The fourth-order valence-electron chi connectivity index (χ4n) is 4.57. The lowest BCUT2D eigenvalue weighted by molar-refractivity contribution is -0.126. The van der Waals surface area contributed by atoms with Crippen LogP contribution in [0.3, 0.4) is 0 Å². The minimum absolute atomic E-state index is 0.0178. The Labute approximate surface area is 227 Å². The van der Waals surface area contributed by atoms with Crippen LogP contribution in [-0.4, -0.2) is 68.2 Å². The lowest BCUT2D eigenvalue weighted by Gasteiger charge is -2.33. The predicted octanol–water partition coefficient (Wildman–Crippen LogP) is 5.05. The van der Waals surface area contributed by atoms with E-state index in [-0.39, 0.29) is 34.8 Å². The van der Waals surface area contributed by atoms with Crippen LogP contribution in [0.1, 0.15) is 27.2 Å². The summed E-state index contributed by atoms with van der Waals surface area (Å²) in [5.74, 6) is 5.24. The molecule has 208 valence electrons. The number of hydrogen-bond donors (Lipinski definition) is 4. The standard InChI is InChI=1S/C27H28F4N4O3S/c1-35-13-11-20(19(28)15-35)33-21-8-3-6-16-18(14-27(29,30)31)23(39-25(16)21)10-5-12-32-24-17(26(36)34-37)7-4-9-22(24)38-2/h3-4,6-9,19-20,32-33,37H,11-15H2,1-2H3,(H,34,36). The van der Waals surface area contributed by atoms with Crippen molar-refractivity contribution in [1.82, 2.24) is 10.4 Å². The Morgan fingerprint density at radius 3 is 2.72 bits per heavy atom. The van der Waals surface area contributed by atoms with Gasteiger partial charge in [0.2, 0.25) is 0 Å². The number of anilines is 2. The molecule has 1 aromatic heterocycles. The molecule has 0 saturated carbocycles. The molecule has 2 heterocycles. The molecule has 1 aliphatic rings. The molecule has 7 nitrogen and oxygen atoms in total. The van der Waals surface area contributed by atoms with Crippen LogP contribution in [0.2, 0.25) is 0 Å². The zero-order valence-electron chi connectivity index (χ0n) is 21.3. The number of amides is 1. The van der Waals surface area contributed by atoms with Gasteiger partial charge in [-0.15, -0.1) is 11.3 Å². The first kappa shape index (κ1) is 28.5. The van der Waals surface area contributed by atoms with E-state index in [0.717, 1.165) is 17.9 Å². The summed E-state index contributed by atoms with van der Waals surface area (Å²) in [6, 6.07) is 9.24. The third-order valence-corrected chi connectivity index (χ3v) is 7.63. The number of rotatable bonds is 7. The summed E-state index contributed by atoms with van der Waals surface area (Å²) in [5, 5.41) is 15.6. The summed E-state index contributed by atoms with van der Waals surface area (Å²) in [6.45, 7) is 0.987. The van der Waals surface area contributed by atoms with E-state index < -0.39 is 30.7 Å². The van der Waals surface area contributed by atoms with E-state index in [1.807, 2.05) is 11.9 Å². The molecule has 0 aliphatic carbocycles. The SMILES string of the molecule is COc1cccc(C(=O)NO)c1NCC#Cc1sc2c(NC3CCN(C)CC3F)cccc2c1CC(F)(F)F. The highest BCUT2D eigenvalue weighted by Gasteiger charge is 2.32. The zero-order valence-corrected chi connectivity index (χ0v) is 22.1. The Kier molecular flexibility index (Phi) is 8.84. The molecule has 0 bridgehead atoms. The predicted molar refractivity (Wildman–Crippen MR) is 144 cm³/mol. The number of carbonyl (C=O) groups excluding carboxylic acids is 1. The van der Waals surface area contributed by atoms with Gasteiger partial charge in [0.1, 0.15) is 11.9 Å².